The number of hydrogen-bond acceptors (Lipinski definition) is 10. The lowest BCUT2D eigenvalue weighted by atomic mass is 9.71. The fraction of sp³-hybridized carbons (Fsp3) is 0.300. The van der Waals surface area contributed by atoms with E-state index in [1.807, 2.05) is 52.0 Å². The fourth-order valence-electron chi connectivity index (χ4n) is 8.66. The van der Waals surface area contributed by atoms with Crippen molar-refractivity contribution in [3.8, 4) is 11.1 Å². The lowest BCUT2D eigenvalue weighted by molar-refractivity contribution is 0.443. The maximum absolute atomic E-state index is 13.8. The van der Waals surface area contributed by atoms with E-state index in [0.29, 0.717) is 70.2 Å². The zero-order valence-electron chi connectivity index (χ0n) is 30.6. The van der Waals surface area contributed by atoms with E-state index in [1.54, 1.807) is 48.5 Å². The third-order valence-electron chi connectivity index (χ3n) is 11.1. The zero-order valence-corrected chi connectivity index (χ0v) is 32.2. The summed E-state index contributed by atoms with van der Waals surface area (Å²) in [6.45, 7) is 7.60. The normalized spacial score (nSPS) is 21.7. The molecule has 282 valence electrons. The predicted molar refractivity (Wildman–Crippen MR) is 213 cm³/mol. The summed E-state index contributed by atoms with van der Waals surface area (Å²) in [5.74, 6) is 11.5. The minimum absolute atomic E-state index is 0.00989. The molecule has 2 unspecified atom stereocenters. The van der Waals surface area contributed by atoms with Crippen LogP contribution in [0, 0.1) is 10.8 Å². The van der Waals surface area contributed by atoms with Gasteiger partial charge in [0.1, 0.15) is 0 Å². The van der Waals surface area contributed by atoms with E-state index in [1.165, 1.54) is 0 Å². The number of hydrazone groups is 2. The average molecular weight is 769 g/mol. The molecule has 6 rings (SSSR count). The van der Waals surface area contributed by atoms with Crippen molar-refractivity contribution in [3.63, 3.8) is 0 Å². The summed E-state index contributed by atoms with van der Waals surface area (Å²) in [7, 11) is -9.81. The molecule has 4 aromatic rings. The zero-order chi connectivity index (χ0) is 39.4. The highest BCUT2D eigenvalue weighted by Crippen LogP contribution is 2.51. The molecule has 0 spiro atoms. The Morgan fingerprint density at radius 3 is 1.15 bits per heavy atom. The summed E-state index contributed by atoms with van der Waals surface area (Å²) in [5.41, 5.74) is 6.14. The van der Waals surface area contributed by atoms with Crippen molar-refractivity contribution in [2.24, 2.45) is 21.9 Å². The molecular formula is C40H44N6O6S2. The molecular weight excluding hydrogens is 725 g/mol. The van der Waals surface area contributed by atoms with Crippen LogP contribution in [0.3, 0.4) is 0 Å². The number of benzene rings is 4. The Kier molecular flexibility index (Phi) is 10.0. The summed E-state index contributed by atoms with van der Waals surface area (Å²) in [6, 6.07) is 20.8. The highest BCUT2D eigenvalue weighted by molar-refractivity contribution is 7.87. The van der Waals surface area contributed by atoms with Gasteiger partial charge in [0, 0.05) is 24.0 Å². The van der Waals surface area contributed by atoms with Gasteiger partial charge in [0.05, 0.1) is 22.8 Å². The maximum atomic E-state index is 13.8. The summed E-state index contributed by atoms with van der Waals surface area (Å²) in [5, 5.41) is 25.1. The van der Waals surface area contributed by atoms with Gasteiger partial charge in [-0.2, -0.15) is 27.0 Å². The van der Waals surface area contributed by atoms with Crippen LogP contribution in [0.1, 0.15) is 96.2 Å². The van der Waals surface area contributed by atoms with Crippen molar-refractivity contribution in [2.75, 3.05) is 0 Å². The van der Waals surface area contributed by atoms with Crippen molar-refractivity contribution in [2.45, 2.75) is 75.7 Å². The Morgan fingerprint density at radius 2 is 0.889 bits per heavy atom. The molecule has 0 amide bonds. The highest BCUT2D eigenvalue weighted by atomic mass is 32.2. The standard InChI is InChI=1S/C40H44N6O6S2/c1-5-23-17-27(18-24(6-2)35(23)39(53(47,48)49)21-33(45-43)37(41)29-13-9-11-15-31(29)39)28-19-25(7-3)36(26(8-4)20-28)40(54(50,51)52)22-34(46-44)38(42)30-14-10-12-16-32(30)40/h9-20,41-42H,5-8,21-22,43-44H2,1-4H3,(H,47,48,49)(H,50,51,52)/b41-37?,42-38?,45-33-,46-34+. The molecule has 0 radical (unpaired) electrons. The van der Waals surface area contributed by atoms with Gasteiger partial charge in [-0.15, -0.1) is 0 Å². The molecule has 2 atom stereocenters. The predicted octanol–water partition coefficient (Wildman–Crippen LogP) is 6.04. The van der Waals surface area contributed by atoms with Gasteiger partial charge in [-0.1, -0.05) is 100 Å². The van der Waals surface area contributed by atoms with Gasteiger partial charge in [0.2, 0.25) is 0 Å². The van der Waals surface area contributed by atoms with E-state index >= 15 is 0 Å². The van der Waals surface area contributed by atoms with Gasteiger partial charge in [0.25, 0.3) is 20.2 Å². The Labute approximate surface area is 315 Å². The summed E-state index contributed by atoms with van der Waals surface area (Å²) in [6.07, 6.45) is 0.872. The Morgan fingerprint density at radius 1 is 0.593 bits per heavy atom. The number of nitrogens with zero attached hydrogens (tertiary/aromatic N) is 2. The van der Waals surface area contributed by atoms with Gasteiger partial charge < -0.3 is 11.7 Å². The number of nitrogens with one attached hydrogen (secondary N) is 2. The highest BCUT2D eigenvalue weighted by Gasteiger charge is 2.55. The molecule has 2 aliphatic carbocycles. The SMILES string of the molecule is CCc1cc(-c2cc(CC)c(C3(S(=O)(=O)O)C/C(=N\N)C(=N)c4ccccc43)c(CC)c2)cc(CC)c1C1(S(=O)(=O)O)C/C(=N/N)C(=N)c2ccccc21. The van der Waals surface area contributed by atoms with Crippen molar-refractivity contribution in [3.05, 3.63) is 128 Å². The van der Waals surface area contributed by atoms with Crippen LogP contribution in [-0.2, 0) is 55.4 Å². The maximum Gasteiger partial charge on any atom is 0.279 e. The third-order valence-corrected chi connectivity index (χ3v) is 14.0. The van der Waals surface area contributed by atoms with Crippen molar-refractivity contribution in [1.29, 1.82) is 10.8 Å². The number of hydrogen-bond donors (Lipinski definition) is 6. The Balaban J connectivity index is 1.66. The largest absolute Gasteiger partial charge is 0.323 e. The molecule has 0 aromatic heterocycles. The van der Waals surface area contributed by atoms with Gasteiger partial charge in [0.15, 0.2) is 9.49 Å². The van der Waals surface area contributed by atoms with Crippen LogP contribution in [0.15, 0.2) is 83.0 Å². The van der Waals surface area contributed by atoms with E-state index < -0.39 is 29.7 Å². The monoisotopic (exact) mass is 768 g/mol. The van der Waals surface area contributed by atoms with Gasteiger partial charge in [-0.05, 0) is 81.3 Å². The van der Waals surface area contributed by atoms with Crippen LogP contribution >= 0.6 is 0 Å². The molecule has 0 aliphatic heterocycles. The van der Waals surface area contributed by atoms with E-state index in [-0.39, 0.29) is 46.8 Å². The smallest absolute Gasteiger partial charge is 0.279 e. The van der Waals surface area contributed by atoms with E-state index in [2.05, 4.69) is 10.2 Å². The first-order chi connectivity index (χ1) is 25.6. The summed E-state index contributed by atoms with van der Waals surface area (Å²) >= 11 is 0. The number of fused-ring (bicyclic) bond motifs is 2. The lowest BCUT2D eigenvalue weighted by Gasteiger charge is -2.40. The van der Waals surface area contributed by atoms with E-state index in [9.17, 15) is 25.9 Å². The molecule has 0 bridgehead atoms. The van der Waals surface area contributed by atoms with Crippen molar-refractivity contribution in [1.82, 2.24) is 0 Å². The third kappa shape index (κ3) is 5.62. The molecule has 0 fully saturated rings. The quantitative estimate of drug-likeness (QED) is 0.0666. The van der Waals surface area contributed by atoms with E-state index in [4.69, 9.17) is 22.5 Å². The first-order valence-electron chi connectivity index (χ1n) is 17.8. The molecule has 0 saturated carbocycles. The second-order valence-corrected chi connectivity index (χ2v) is 17.0. The Hall–Kier alpha value is -5.02. The average Bonchev–Trinajstić information content (AvgIpc) is 3.16. The first kappa shape index (κ1) is 38.7. The minimum Gasteiger partial charge on any atom is -0.323 e. The van der Waals surface area contributed by atoms with Crippen LogP contribution in [0.4, 0.5) is 0 Å². The van der Waals surface area contributed by atoms with Crippen molar-refractivity contribution >= 4 is 43.1 Å². The molecule has 4 aromatic carbocycles. The van der Waals surface area contributed by atoms with E-state index in [0.717, 1.165) is 11.1 Å². The number of aryl methyl sites for hydroxylation is 4. The topological polar surface area (TPSA) is 233 Å². The van der Waals surface area contributed by atoms with Crippen molar-refractivity contribution < 1.29 is 25.9 Å². The molecule has 8 N–H and O–H groups in total. The van der Waals surface area contributed by atoms with Crippen LogP contribution in [0.5, 0.6) is 0 Å². The van der Waals surface area contributed by atoms with Crippen LogP contribution in [0.2, 0.25) is 0 Å². The van der Waals surface area contributed by atoms with Gasteiger partial charge in [-0.3, -0.25) is 19.9 Å². The summed E-state index contributed by atoms with van der Waals surface area (Å²) < 4.78 is 73.8. The van der Waals surface area contributed by atoms with Crippen LogP contribution < -0.4 is 11.7 Å². The molecule has 0 heterocycles. The second-order valence-electron chi connectivity index (χ2n) is 13.7. The molecule has 0 saturated heterocycles. The minimum atomic E-state index is -4.91. The number of nitrogens with two attached hydrogens (primary N) is 2. The van der Waals surface area contributed by atoms with Gasteiger partial charge in [-0.25, -0.2) is 0 Å². The molecule has 12 nitrogen and oxygen atoms in total. The fourth-order valence-corrected chi connectivity index (χ4v) is 11.3. The number of rotatable bonds is 9. The first-order valence-corrected chi connectivity index (χ1v) is 20.7. The molecule has 14 heteroatoms. The van der Waals surface area contributed by atoms with Crippen LogP contribution in [-0.4, -0.2) is 48.8 Å². The molecule has 54 heavy (non-hydrogen) atoms. The second kappa shape index (κ2) is 14.0. The van der Waals surface area contributed by atoms with Crippen LogP contribution in [0.25, 0.3) is 11.1 Å². The summed E-state index contributed by atoms with van der Waals surface area (Å²) in [4.78, 5) is 0. The Bertz CT molecular complexity index is 2300. The van der Waals surface area contributed by atoms with Gasteiger partial charge >= 0.3 is 0 Å². The molecule has 2 aliphatic rings. The lowest BCUT2D eigenvalue weighted by Crippen LogP contribution is -2.47.